The van der Waals surface area contributed by atoms with Crippen LogP contribution in [0.1, 0.15) is 90.7 Å². The summed E-state index contributed by atoms with van der Waals surface area (Å²) in [7, 11) is 4.42. The van der Waals surface area contributed by atoms with Gasteiger partial charge in [0.05, 0.1) is 42.9 Å². The van der Waals surface area contributed by atoms with Gasteiger partial charge in [0.15, 0.2) is 5.72 Å². The third kappa shape index (κ3) is 18.4. The molecule has 1 unspecified atom stereocenters. The number of allylic oxidation sites excluding steroid dienone is 3. The zero-order valence-electron chi connectivity index (χ0n) is 48.4. The topological polar surface area (TPSA) is 320 Å². The molecule has 10 atom stereocenters. The van der Waals surface area contributed by atoms with Gasteiger partial charge in [-0.3, -0.25) is 30.3 Å². The van der Waals surface area contributed by atoms with Gasteiger partial charge in [0.25, 0.3) is 0 Å². The summed E-state index contributed by atoms with van der Waals surface area (Å²) in [5.74, 6) is -2.21. The van der Waals surface area contributed by atoms with Crippen molar-refractivity contribution in [3.8, 4) is 5.75 Å². The molecule has 2 saturated heterocycles. The van der Waals surface area contributed by atoms with Crippen LogP contribution in [0.25, 0.3) is 0 Å². The summed E-state index contributed by atoms with van der Waals surface area (Å²) in [4.78, 5) is 106. The number of methoxy groups -OCH3 is 2. The van der Waals surface area contributed by atoms with Crippen molar-refractivity contribution in [1.29, 1.82) is 0 Å². The van der Waals surface area contributed by atoms with Crippen molar-refractivity contribution in [2.75, 3.05) is 60.6 Å². The lowest BCUT2D eigenvalue weighted by Gasteiger charge is -2.42. The molecular formula is C57H80Br2ClN9O14. The number of nitrogens with zero attached hydrogens (tertiary/aromatic N) is 1. The number of amides is 7. The number of nitrogens with one attached hydrogen (secondary N) is 7. The number of hydrogen-bond acceptors (Lipinski definition) is 16. The number of aldehydes is 2. The lowest BCUT2D eigenvalue weighted by Crippen LogP contribution is -2.63. The molecule has 2 fully saturated rings. The summed E-state index contributed by atoms with van der Waals surface area (Å²) >= 11 is 13.6. The quantitative estimate of drug-likeness (QED) is 0.0231. The molecule has 23 nitrogen and oxygen atoms in total. The largest absolute Gasteiger partial charge is 0.495 e. The zero-order chi connectivity index (χ0) is 61.4. The normalized spacial score (nSPS) is 24.9. The fourth-order valence-corrected chi connectivity index (χ4v) is 12.0. The molecule has 4 bridgehead atoms. The highest BCUT2D eigenvalue weighted by Crippen LogP contribution is 2.49. The van der Waals surface area contributed by atoms with Crippen LogP contribution in [0.2, 0.25) is 5.02 Å². The highest BCUT2D eigenvalue weighted by atomic mass is 79.9. The van der Waals surface area contributed by atoms with Gasteiger partial charge in [-0.15, -0.1) is 0 Å². The third-order valence-electron chi connectivity index (χ3n) is 15.2. The Bertz CT molecular complexity index is 2720. The molecule has 10 N–H and O–H groups in total. The Labute approximate surface area is 506 Å². The van der Waals surface area contributed by atoms with Crippen LogP contribution in [0.4, 0.5) is 31.4 Å². The van der Waals surface area contributed by atoms with Gasteiger partial charge in [0, 0.05) is 55.1 Å². The lowest BCUT2D eigenvalue weighted by atomic mass is 9.83. The van der Waals surface area contributed by atoms with E-state index >= 15 is 0 Å². The zero-order valence-corrected chi connectivity index (χ0v) is 52.3. The number of primary amides is 1. The molecule has 26 heteroatoms. The Morgan fingerprint density at radius 1 is 1.02 bits per heavy atom. The number of unbranched alkanes of at least 4 members (excludes halogenated alkanes) is 1. The van der Waals surface area contributed by atoms with Gasteiger partial charge in [-0.2, -0.15) is 0 Å². The maximum absolute atomic E-state index is 14.4. The maximum Gasteiger partial charge on any atom is 0.412 e. The predicted octanol–water partition coefficient (Wildman–Crippen LogP) is 6.22. The number of ether oxygens (including phenoxy) is 5. The number of alkyl halides is 2. The van der Waals surface area contributed by atoms with E-state index in [4.69, 9.17) is 41.0 Å². The fraction of sp³-hybridized carbons (Fsp3) is 0.579. The molecule has 3 aliphatic heterocycles. The van der Waals surface area contributed by atoms with Gasteiger partial charge in [-0.1, -0.05) is 94.5 Å². The van der Waals surface area contributed by atoms with E-state index in [1.165, 1.54) is 25.2 Å². The first-order valence-corrected chi connectivity index (χ1v) is 30.1. The summed E-state index contributed by atoms with van der Waals surface area (Å²) < 4.78 is 29.5. The molecule has 0 aliphatic carbocycles. The van der Waals surface area contributed by atoms with Gasteiger partial charge in [0.1, 0.15) is 53.3 Å². The van der Waals surface area contributed by atoms with Gasteiger partial charge in [-0.05, 0) is 107 Å². The first kappa shape index (κ1) is 68.1. The molecule has 3 heterocycles. The van der Waals surface area contributed by atoms with Crippen LogP contribution in [0.5, 0.6) is 5.75 Å². The highest BCUT2D eigenvalue weighted by Gasteiger charge is 2.64. The number of rotatable bonds is 25. The molecule has 458 valence electrons. The molecule has 7 amide bonds. The van der Waals surface area contributed by atoms with E-state index in [-0.39, 0.29) is 42.4 Å². The van der Waals surface area contributed by atoms with Crippen molar-refractivity contribution in [1.82, 2.24) is 26.6 Å². The second kappa shape index (κ2) is 30.9. The molecule has 83 heavy (non-hydrogen) atoms. The van der Waals surface area contributed by atoms with Crippen LogP contribution in [0, 0.1) is 18.8 Å². The van der Waals surface area contributed by atoms with E-state index < -0.39 is 108 Å². The Kier molecular flexibility index (Phi) is 25.4. The number of hydrogen-bond donors (Lipinski definition) is 9. The number of epoxide rings is 1. The van der Waals surface area contributed by atoms with Crippen molar-refractivity contribution in [2.45, 2.75) is 152 Å². The number of nitrogens with two attached hydrogens (primary N) is 1. The number of aryl methyl sites for hydroxylation is 1. The Balaban J connectivity index is 1.34. The number of anilines is 3. The molecule has 0 radical (unpaired) electrons. The Morgan fingerprint density at radius 3 is 2.37 bits per heavy atom. The number of halogens is 3. The summed E-state index contributed by atoms with van der Waals surface area (Å²) in [6.07, 6.45) is 2.93. The third-order valence-corrected chi connectivity index (χ3v) is 17.5. The summed E-state index contributed by atoms with van der Waals surface area (Å²) in [6.45, 7) is 11.3. The van der Waals surface area contributed by atoms with Crippen molar-refractivity contribution in [3.05, 3.63) is 70.3 Å². The number of aliphatic hydroxyl groups is 1. The number of carbonyl (C=O) groups is 8. The van der Waals surface area contributed by atoms with E-state index in [9.17, 15) is 43.5 Å². The average molecular weight is 1310 g/mol. The molecular weight excluding hydrogens is 1230 g/mol. The van der Waals surface area contributed by atoms with Gasteiger partial charge >= 0.3 is 18.2 Å². The molecule has 0 saturated carbocycles. The molecule has 0 spiro atoms. The van der Waals surface area contributed by atoms with Crippen LogP contribution in [0.15, 0.2) is 54.1 Å². The smallest absolute Gasteiger partial charge is 0.412 e. The fourth-order valence-electron chi connectivity index (χ4n) is 10.1. The van der Waals surface area contributed by atoms with E-state index in [2.05, 4.69) is 69.1 Å². The minimum atomic E-state index is -1.89. The monoisotopic (exact) mass is 1310 g/mol. The van der Waals surface area contributed by atoms with Gasteiger partial charge in [-0.25, -0.2) is 14.4 Å². The molecule has 5 rings (SSSR count). The van der Waals surface area contributed by atoms with Gasteiger partial charge in [0.2, 0.25) is 17.7 Å². The summed E-state index contributed by atoms with van der Waals surface area (Å²) in [6, 6.07) is 4.75. The number of benzene rings is 2. The van der Waals surface area contributed by atoms with E-state index in [1.807, 2.05) is 26.8 Å². The predicted molar refractivity (Wildman–Crippen MR) is 321 cm³/mol. The highest BCUT2D eigenvalue weighted by molar-refractivity contribution is 9.10. The van der Waals surface area contributed by atoms with Crippen molar-refractivity contribution in [3.63, 3.8) is 0 Å². The maximum atomic E-state index is 14.4. The second-order valence-corrected chi connectivity index (χ2v) is 23.4. The lowest BCUT2D eigenvalue weighted by molar-refractivity contribution is -0.142. The minimum Gasteiger partial charge on any atom is -0.495 e. The van der Waals surface area contributed by atoms with Crippen molar-refractivity contribution in [2.24, 2.45) is 17.6 Å². The number of alkyl carbamates (subject to hydrolysis) is 1. The van der Waals surface area contributed by atoms with E-state index in [1.54, 1.807) is 64.2 Å². The number of fused-ring (bicyclic) bond motifs is 5. The Hall–Kier alpha value is -5.67. The standard InChI is InChI=1S/C57H80Br2ClN9O14/c1-32(2)48(64-38(28-70)15-10-11-21-63-56(29-58,30-59)31-71)51(74)67-40(16-13-20-62-52(61)75)50(73)66-39-19-18-37(23-34(39)4)65-53(76)82-45-26-46(72)69(7)41-24-36(25-42(79-8)47(41)60)22-33(3)14-12-17-44(80-9)57(78)27-43(81-54(77)68-57)35(5)49-55(45,6)83-49/h12,14,17-19,23-25,28,31-32,35,38,40,43-45,48-49,63-64,78H,10-11,13,15-16,20-22,26-27,29-30H2,1-9H3,(H,65,76)(H,66,73)(H,67,74)(H,68,77)(H3,61,62,75)/b17-12+,33-14+/t35-,38?,40+,43+,44-,45+,48+,49+,55+,57+/m1/s1. The first-order chi connectivity index (χ1) is 39.3. The Morgan fingerprint density at radius 2 is 1.75 bits per heavy atom. The SMILES string of the molecule is COc1cc2cc(c1Cl)N(C)C(=O)C[C@H](OC(=O)Nc1ccc(NC(=O)[C@H](CCCNC(N)=O)NC(=O)[C@@H](NC(C=O)CCCCNC(C=O)(CBr)CBr)C(C)C)c(C)c1)[C@]1(C)O[C@H]1[C@H](C)[C@@H]1C[C@@](O)(NC(=O)O1)[C@H](OC)/C=C/C=C(\C)C2. The van der Waals surface area contributed by atoms with Crippen molar-refractivity contribution < 1.29 is 67.1 Å². The summed E-state index contributed by atoms with van der Waals surface area (Å²) in [5.41, 5.74) is 4.37. The average Bonchev–Trinajstić information content (AvgIpc) is 3.55. The van der Waals surface area contributed by atoms with E-state index in [0.29, 0.717) is 65.6 Å². The minimum absolute atomic E-state index is 0.0894. The molecule has 2 aromatic rings. The van der Waals surface area contributed by atoms with Crippen LogP contribution >= 0.6 is 43.5 Å². The molecule has 0 aromatic heterocycles. The number of urea groups is 1. The van der Waals surface area contributed by atoms with Crippen LogP contribution in [0.3, 0.4) is 0 Å². The van der Waals surface area contributed by atoms with Crippen molar-refractivity contribution >= 4 is 109 Å². The van der Waals surface area contributed by atoms with Gasteiger partial charge < -0.3 is 70.3 Å². The summed E-state index contributed by atoms with van der Waals surface area (Å²) in [5, 5.41) is 32.7. The second-order valence-electron chi connectivity index (χ2n) is 21.9. The van der Waals surface area contributed by atoms with Crippen LogP contribution < -0.4 is 52.6 Å². The van der Waals surface area contributed by atoms with Crippen LogP contribution in [-0.2, 0) is 49.3 Å². The van der Waals surface area contributed by atoms with Crippen LogP contribution in [-0.4, -0.2) is 158 Å². The number of carbonyl (C=O) groups excluding carboxylic acids is 8. The molecule has 3 aliphatic rings. The van der Waals surface area contributed by atoms with E-state index in [0.717, 1.165) is 23.7 Å². The molecule has 2 aromatic carbocycles. The first-order valence-electron chi connectivity index (χ1n) is 27.5.